The molecule has 2 saturated carbocycles. The molecule has 2 aliphatic carbocycles. The number of hydrogen-bond donors (Lipinski definition) is 1. The van der Waals surface area contributed by atoms with Gasteiger partial charge in [0.15, 0.2) is 5.71 Å². The van der Waals surface area contributed by atoms with E-state index in [0.29, 0.717) is 17.0 Å². The van der Waals surface area contributed by atoms with Gasteiger partial charge in [-0.05, 0) is 43.6 Å². The van der Waals surface area contributed by atoms with E-state index < -0.39 is 5.97 Å². The Hall–Kier alpha value is -3.15. The molecule has 0 bridgehead atoms. The average molecular weight is 406 g/mol. The summed E-state index contributed by atoms with van der Waals surface area (Å²) in [5.41, 5.74) is 3.23. The lowest BCUT2D eigenvalue weighted by Gasteiger charge is -2.18. The minimum Gasteiger partial charge on any atom is -0.476 e. The number of nitrogens with zero attached hydrogens (tertiary/aromatic N) is 2. The van der Waals surface area contributed by atoms with Crippen LogP contribution in [0, 0.1) is 11.8 Å². The van der Waals surface area contributed by atoms with Gasteiger partial charge in [0.25, 0.3) is 0 Å². The Kier molecular flexibility index (Phi) is 5.57. The van der Waals surface area contributed by atoms with Crippen LogP contribution >= 0.6 is 0 Å². The molecule has 2 atom stereocenters. The topological polar surface area (TPSA) is 80.5 Å². The lowest BCUT2D eigenvalue weighted by molar-refractivity contribution is -0.129. The van der Waals surface area contributed by atoms with Crippen LogP contribution in [0.1, 0.15) is 42.9 Å². The van der Waals surface area contributed by atoms with Crippen molar-refractivity contribution in [2.24, 2.45) is 22.1 Å². The summed E-state index contributed by atoms with van der Waals surface area (Å²) in [5.74, 6) is 0.267. The summed E-state index contributed by atoms with van der Waals surface area (Å²) in [6.45, 7) is 2.19. The fraction of sp³-hybridized carbons (Fsp3) is 0.375. The number of carboxylic acids is 1. The van der Waals surface area contributed by atoms with Crippen molar-refractivity contribution in [3.8, 4) is 0 Å². The molecular weight excluding hydrogens is 380 g/mol. The van der Waals surface area contributed by atoms with Crippen molar-refractivity contribution in [3.05, 3.63) is 71.3 Å². The first-order valence-corrected chi connectivity index (χ1v) is 10.2. The first kappa shape index (κ1) is 20.1. The minimum absolute atomic E-state index is 0.0360. The third-order valence-corrected chi connectivity index (χ3v) is 6.22. The number of carboxylic acid groups (broad SMARTS) is 1. The quantitative estimate of drug-likeness (QED) is 0.495. The Morgan fingerprint density at radius 1 is 1.10 bits per heavy atom. The zero-order valence-corrected chi connectivity index (χ0v) is 17.2. The molecule has 4 rings (SSSR count). The molecular formula is C24H26N2O4. The smallest absolute Gasteiger partial charge is 0.358 e. The Morgan fingerprint density at radius 2 is 1.80 bits per heavy atom. The van der Waals surface area contributed by atoms with E-state index in [1.54, 1.807) is 12.1 Å². The number of benzene rings is 2. The molecule has 0 heterocycles. The van der Waals surface area contributed by atoms with Gasteiger partial charge in [0.1, 0.15) is 13.7 Å². The van der Waals surface area contributed by atoms with Crippen LogP contribution in [0.4, 0.5) is 0 Å². The van der Waals surface area contributed by atoms with Crippen LogP contribution in [-0.2, 0) is 26.5 Å². The van der Waals surface area contributed by atoms with Crippen LogP contribution in [0.15, 0.2) is 64.9 Å². The van der Waals surface area contributed by atoms with Crippen LogP contribution in [0.2, 0.25) is 0 Å². The Bertz CT molecular complexity index is 982. The van der Waals surface area contributed by atoms with Gasteiger partial charge in [0.2, 0.25) is 0 Å². The standard InChI is InChI=1S/C24H26N2O4/c1-16(24(14-21(24)17-12-13-17)19-9-4-3-5-10-19)25-30-15-18-8-6-7-11-20(18)22(23(27)28)26-29-2/h3-11,17,21H,12-15H2,1-2H3,(H,27,28). The summed E-state index contributed by atoms with van der Waals surface area (Å²) in [6.07, 6.45) is 3.72. The van der Waals surface area contributed by atoms with Crippen molar-refractivity contribution >= 4 is 17.4 Å². The van der Waals surface area contributed by atoms with Crippen LogP contribution in [0.25, 0.3) is 0 Å². The fourth-order valence-corrected chi connectivity index (χ4v) is 4.50. The molecule has 156 valence electrons. The van der Waals surface area contributed by atoms with E-state index in [1.807, 2.05) is 25.1 Å². The van der Waals surface area contributed by atoms with Crippen molar-refractivity contribution in [1.82, 2.24) is 0 Å². The summed E-state index contributed by atoms with van der Waals surface area (Å²) in [5, 5.41) is 17.6. The molecule has 1 N–H and O–H groups in total. The highest BCUT2D eigenvalue weighted by atomic mass is 16.6. The normalized spacial score (nSPS) is 23.7. The summed E-state index contributed by atoms with van der Waals surface area (Å²) in [7, 11) is 1.32. The molecule has 2 unspecified atom stereocenters. The predicted molar refractivity (Wildman–Crippen MR) is 114 cm³/mol. The molecule has 2 aromatic rings. The van der Waals surface area contributed by atoms with E-state index in [2.05, 4.69) is 34.6 Å². The lowest BCUT2D eigenvalue weighted by Crippen LogP contribution is -2.22. The molecule has 0 radical (unpaired) electrons. The third kappa shape index (κ3) is 3.82. The van der Waals surface area contributed by atoms with Crippen molar-refractivity contribution in [1.29, 1.82) is 0 Å². The van der Waals surface area contributed by atoms with Gasteiger partial charge in [-0.1, -0.05) is 64.9 Å². The second-order valence-electron chi connectivity index (χ2n) is 8.02. The van der Waals surface area contributed by atoms with Crippen LogP contribution in [0.5, 0.6) is 0 Å². The Labute approximate surface area is 176 Å². The van der Waals surface area contributed by atoms with E-state index in [9.17, 15) is 9.90 Å². The van der Waals surface area contributed by atoms with Crippen LogP contribution in [-0.4, -0.2) is 29.6 Å². The van der Waals surface area contributed by atoms with E-state index >= 15 is 0 Å². The maximum absolute atomic E-state index is 11.5. The summed E-state index contributed by atoms with van der Waals surface area (Å²) < 4.78 is 0. The maximum Gasteiger partial charge on any atom is 0.358 e. The van der Waals surface area contributed by atoms with Gasteiger partial charge in [0, 0.05) is 16.5 Å². The molecule has 0 saturated heterocycles. The first-order valence-electron chi connectivity index (χ1n) is 10.2. The molecule has 2 fully saturated rings. The second-order valence-corrected chi connectivity index (χ2v) is 8.02. The van der Waals surface area contributed by atoms with E-state index in [4.69, 9.17) is 9.68 Å². The zero-order valence-electron chi connectivity index (χ0n) is 17.2. The van der Waals surface area contributed by atoms with Gasteiger partial charge >= 0.3 is 5.97 Å². The molecule has 6 nitrogen and oxygen atoms in total. The largest absolute Gasteiger partial charge is 0.476 e. The van der Waals surface area contributed by atoms with Crippen LogP contribution < -0.4 is 0 Å². The molecule has 0 amide bonds. The molecule has 0 spiro atoms. The number of oxime groups is 2. The van der Waals surface area contributed by atoms with Crippen molar-refractivity contribution in [2.45, 2.75) is 38.2 Å². The molecule has 0 aliphatic heterocycles. The summed E-state index contributed by atoms with van der Waals surface area (Å²) >= 11 is 0. The van der Waals surface area contributed by atoms with E-state index in [-0.39, 0.29) is 17.7 Å². The first-order chi connectivity index (χ1) is 14.6. The van der Waals surface area contributed by atoms with Gasteiger partial charge in [-0.2, -0.15) is 0 Å². The summed E-state index contributed by atoms with van der Waals surface area (Å²) in [4.78, 5) is 22.0. The highest BCUT2D eigenvalue weighted by Gasteiger charge is 2.62. The third-order valence-electron chi connectivity index (χ3n) is 6.22. The average Bonchev–Trinajstić information content (AvgIpc) is 3.66. The van der Waals surface area contributed by atoms with Gasteiger partial charge in [-0.15, -0.1) is 0 Å². The maximum atomic E-state index is 11.5. The SMILES string of the molecule is CON=C(C(=O)O)c1ccccc1CON=C(C)C1(c2ccccc2)CC1C1CC1. The number of aliphatic carboxylic acids is 1. The van der Waals surface area contributed by atoms with E-state index in [0.717, 1.165) is 18.1 Å². The molecule has 0 aromatic heterocycles. The van der Waals surface area contributed by atoms with Crippen molar-refractivity contribution in [2.75, 3.05) is 7.11 Å². The zero-order chi connectivity index (χ0) is 21.1. The molecule has 6 heteroatoms. The number of carbonyl (C=O) groups is 1. The monoisotopic (exact) mass is 406 g/mol. The number of hydrogen-bond acceptors (Lipinski definition) is 5. The second kappa shape index (κ2) is 8.30. The molecule has 2 aliphatic rings. The van der Waals surface area contributed by atoms with Crippen molar-refractivity contribution in [3.63, 3.8) is 0 Å². The van der Waals surface area contributed by atoms with Crippen LogP contribution in [0.3, 0.4) is 0 Å². The van der Waals surface area contributed by atoms with Gasteiger partial charge in [-0.3, -0.25) is 0 Å². The lowest BCUT2D eigenvalue weighted by atomic mass is 9.87. The van der Waals surface area contributed by atoms with Gasteiger partial charge in [-0.25, -0.2) is 4.79 Å². The molecule has 30 heavy (non-hydrogen) atoms. The molecule has 2 aromatic carbocycles. The summed E-state index contributed by atoms with van der Waals surface area (Å²) in [6, 6.07) is 17.6. The Balaban J connectivity index is 1.54. The van der Waals surface area contributed by atoms with E-state index in [1.165, 1.54) is 25.5 Å². The highest BCUT2D eigenvalue weighted by molar-refractivity contribution is 6.42. The van der Waals surface area contributed by atoms with Gasteiger partial charge < -0.3 is 14.8 Å². The Morgan fingerprint density at radius 3 is 2.47 bits per heavy atom. The van der Waals surface area contributed by atoms with Gasteiger partial charge in [0.05, 0.1) is 5.71 Å². The van der Waals surface area contributed by atoms with Crippen molar-refractivity contribution < 1.29 is 19.6 Å². The number of rotatable bonds is 9. The predicted octanol–water partition coefficient (Wildman–Crippen LogP) is 4.38. The minimum atomic E-state index is -1.16. The highest BCUT2D eigenvalue weighted by Crippen LogP contribution is 2.64. The fourth-order valence-electron chi connectivity index (χ4n) is 4.50.